The summed E-state index contributed by atoms with van der Waals surface area (Å²) in [6.07, 6.45) is 0.612. The molecule has 1 aromatic rings. The summed E-state index contributed by atoms with van der Waals surface area (Å²) in [6, 6.07) is 6.80. The number of aliphatic imine (C=N–C) groups is 1. The molecule has 0 unspecified atom stereocenters. The SMILES string of the molecule is CN=C(NCCc1ccccc1F)NCC(C)(C)OC. The second-order valence-electron chi connectivity index (χ2n) is 5.16. The van der Waals surface area contributed by atoms with E-state index >= 15 is 0 Å². The lowest BCUT2D eigenvalue weighted by Crippen LogP contribution is -2.45. The van der Waals surface area contributed by atoms with E-state index < -0.39 is 0 Å². The Balaban J connectivity index is 2.38. The molecule has 0 aromatic heterocycles. The van der Waals surface area contributed by atoms with Gasteiger partial charge in [0.2, 0.25) is 0 Å². The topological polar surface area (TPSA) is 45.7 Å². The van der Waals surface area contributed by atoms with Crippen LogP contribution >= 0.6 is 0 Å². The van der Waals surface area contributed by atoms with Gasteiger partial charge in [0.05, 0.1) is 5.60 Å². The van der Waals surface area contributed by atoms with Gasteiger partial charge in [-0.15, -0.1) is 0 Å². The number of hydrogen-bond donors (Lipinski definition) is 2. The summed E-state index contributed by atoms with van der Waals surface area (Å²) in [4.78, 5) is 4.12. The van der Waals surface area contributed by atoms with Crippen molar-refractivity contribution in [1.82, 2.24) is 10.6 Å². The minimum atomic E-state index is -0.261. The molecule has 0 saturated heterocycles. The molecule has 5 heteroatoms. The number of rotatable bonds is 6. The van der Waals surface area contributed by atoms with Crippen molar-refractivity contribution >= 4 is 5.96 Å². The van der Waals surface area contributed by atoms with Crippen LogP contribution in [0, 0.1) is 5.82 Å². The highest BCUT2D eigenvalue weighted by atomic mass is 19.1. The number of nitrogens with zero attached hydrogens (tertiary/aromatic N) is 1. The van der Waals surface area contributed by atoms with Crippen LogP contribution in [0.2, 0.25) is 0 Å². The molecule has 0 atom stereocenters. The molecule has 1 aromatic carbocycles. The van der Waals surface area contributed by atoms with Gasteiger partial charge in [-0.25, -0.2) is 4.39 Å². The maximum absolute atomic E-state index is 13.5. The molecule has 20 heavy (non-hydrogen) atoms. The van der Waals surface area contributed by atoms with Crippen molar-refractivity contribution < 1.29 is 9.13 Å². The first-order valence-electron chi connectivity index (χ1n) is 6.71. The number of ether oxygens (including phenoxy) is 1. The number of methoxy groups -OCH3 is 1. The molecule has 0 saturated carbocycles. The Bertz CT molecular complexity index is 446. The summed E-state index contributed by atoms with van der Waals surface area (Å²) >= 11 is 0. The van der Waals surface area contributed by atoms with Gasteiger partial charge >= 0.3 is 0 Å². The standard InChI is InChI=1S/C15H24FN3O/c1-15(2,20-4)11-19-14(17-3)18-10-9-12-7-5-6-8-13(12)16/h5-8H,9-11H2,1-4H3,(H2,17,18,19). The van der Waals surface area contributed by atoms with Gasteiger partial charge in [0, 0.05) is 27.2 Å². The Morgan fingerprint density at radius 2 is 2.00 bits per heavy atom. The summed E-state index contributed by atoms with van der Waals surface area (Å²) < 4.78 is 18.8. The molecule has 0 spiro atoms. The molecule has 112 valence electrons. The van der Waals surface area contributed by atoms with Crippen LogP contribution in [0.4, 0.5) is 4.39 Å². The Hall–Kier alpha value is -1.62. The van der Waals surface area contributed by atoms with E-state index in [-0.39, 0.29) is 11.4 Å². The lowest BCUT2D eigenvalue weighted by atomic mass is 10.1. The lowest BCUT2D eigenvalue weighted by molar-refractivity contribution is 0.0268. The molecule has 0 fully saturated rings. The summed E-state index contributed by atoms with van der Waals surface area (Å²) in [5.74, 6) is 0.518. The van der Waals surface area contributed by atoms with Crippen LogP contribution in [0.5, 0.6) is 0 Å². The van der Waals surface area contributed by atoms with Crippen molar-refractivity contribution in [3.63, 3.8) is 0 Å². The number of benzene rings is 1. The molecule has 0 radical (unpaired) electrons. The van der Waals surface area contributed by atoms with Crippen LogP contribution in [0.15, 0.2) is 29.3 Å². The Morgan fingerprint density at radius 3 is 2.60 bits per heavy atom. The average Bonchev–Trinajstić information content (AvgIpc) is 2.44. The van der Waals surface area contributed by atoms with Crippen LogP contribution in [0.25, 0.3) is 0 Å². The third-order valence-corrected chi connectivity index (χ3v) is 3.10. The van der Waals surface area contributed by atoms with Gasteiger partial charge in [-0.05, 0) is 31.9 Å². The summed E-state index contributed by atoms with van der Waals surface area (Å²) in [6.45, 7) is 5.25. The fraction of sp³-hybridized carbons (Fsp3) is 0.533. The van der Waals surface area contributed by atoms with Gasteiger partial charge in [-0.2, -0.15) is 0 Å². The molecule has 0 aliphatic heterocycles. The van der Waals surface area contributed by atoms with E-state index in [9.17, 15) is 4.39 Å². The molecule has 4 nitrogen and oxygen atoms in total. The van der Waals surface area contributed by atoms with E-state index in [1.54, 1.807) is 26.3 Å². The van der Waals surface area contributed by atoms with Crippen LogP contribution in [-0.4, -0.2) is 38.8 Å². The largest absolute Gasteiger partial charge is 0.377 e. The third-order valence-electron chi connectivity index (χ3n) is 3.10. The molecular formula is C15H24FN3O. The lowest BCUT2D eigenvalue weighted by Gasteiger charge is -2.24. The Labute approximate surface area is 120 Å². The van der Waals surface area contributed by atoms with Crippen molar-refractivity contribution in [1.29, 1.82) is 0 Å². The molecule has 0 bridgehead atoms. The minimum Gasteiger partial charge on any atom is -0.377 e. The van der Waals surface area contributed by atoms with Crippen molar-refractivity contribution in [2.24, 2.45) is 4.99 Å². The van der Waals surface area contributed by atoms with E-state index in [0.717, 1.165) is 0 Å². The van der Waals surface area contributed by atoms with Gasteiger partial charge in [0.1, 0.15) is 5.82 Å². The normalized spacial score (nSPS) is 12.3. The van der Waals surface area contributed by atoms with Crippen LogP contribution in [0.3, 0.4) is 0 Å². The summed E-state index contributed by atoms with van der Waals surface area (Å²) in [7, 11) is 3.38. The van der Waals surface area contributed by atoms with Crippen molar-refractivity contribution in [3.8, 4) is 0 Å². The maximum atomic E-state index is 13.5. The first-order chi connectivity index (χ1) is 9.48. The van der Waals surface area contributed by atoms with Gasteiger partial charge in [-0.3, -0.25) is 4.99 Å². The molecule has 1 rings (SSSR count). The fourth-order valence-corrected chi connectivity index (χ4v) is 1.61. The predicted molar refractivity (Wildman–Crippen MR) is 80.6 cm³/mol. The van der Waals surface area contributed by atoms with Gasteiger partial charge < -0.3 is 15.4 Å². The van der Waals surface area contributed by atoms with Gasteiger partial charge in [0.25, 0.3) is 0 Å². The zero-order valence-corrected chi connectivity index (χ0v) is 12.7. The minimum absolute atomic E-state index is 0.169. The third kappa shape index (κ3) is 5.57. The zero-order chi connectivity index (χ0) is 15.0. The van der Waals surface area contributed by atoms with E-state index in [2.05, 4.69) is 15.6 Å². The number of hydrogen-bond acceptors (Lipinski definition) is 2. The second kappa shape index (κ2) is 7.85. The number of guanidine groups is 1. The predicted octanol–water partition coefficient (Wildman–Crippen LogP) is 1.96. The smallest absolute Gasteiger partial charge is 0.191 e. The highest BCUT2D eigenvalue weighted by Gasteiger charge is 2.16. The molecule has 2 N–H and O–H groups in total. The van der Waals surface area contributed by atoms with Crippen LogP contribution in [-0.2, 0) is 11.2 Å². The first-order valence-corrected chi connectivity index (χ1v) is 6.71. The summed E-state index contributed by atoms with van der Waals surface area (Å²) in [5.41, 5.74) is 0.441. The molecule has 0 heterocycles. The maximum Gasteiger partial charge on any atom is 0.191 e. The second-order valence-corrected chi connectivity index (χ2v) is 5.16. The molecular weight excluding hydrogens is 257 g/mol. The highest BCUT2D eigenvalue weighted by molar-refractivity contribution is 5.79. The zero-order valence-electron chi connectivity index (χ0n) is 12.7. The van der Waals surface area contributed by atoms with Crippen LogP contribution in [0.1, 0.15) is 19.4 Å². The molecule has 0 aliphatic carbocycles. The Kier molecular flexibility index (Phi) is 6.45. The first kappa shape index (κ1) is 16.4. The monoisotopic (exact) mass is 281 g/mol. The van der Waals surface area contributed by atoms with E-state index in [0.29, 0.717) is 31.0 Å². The van der Waals surface area contributed by atoms with E-state index in [1.807, 2.05) is 19.9 Å². The van der Waals surface area contributed by atoms with Gasteiger partial charge in [0.15, 0.2) is 5.96 Å². The van der Waals surface area contributed by atoms with E-state index in [1.165, 1.54) is 6.07 Å². The van der Waals surface area contributed by atoms with E-state index in [4.69, 9.17) is 4.74 Å². The molecule has 0 amide bonds. The average molecular weight is 281 g/mol. The quantitative estimate of drug-likeness (QED) is 0.619. The number of nitrogens with one attached hydrogen (secondary N) is 2. The van der Waals surface area contributed by atoms with Crippen LogP contribution < -0.4 is 10.6 Å². The van der Waals surface area contributed by atoms with Crippen molar-refractivity contribution in [2.45, 2.75) is 25.9 Å². The van der Waals surface area contributed by atoms with Crippen molar-refractivity contribution in [2.75, 3.05) is 27.2 Å². The summed E-state index contributed by atoms with van der Waals surface area (Å²) in [5, 5.41) is 6.34. The van der Waals surface area contributed by atoms with Crippen molar-refractivity contribution in [3.05, 3.63) is 35.6 Å². The number of halogens is 1. The van der Waals surface area contributed by atoms with Gasteiger partial charge in [-0.1, -0.05) is 18.2 Å². The molecule has 0 aliphatic rings. The highest BCUT2D eigenvalue weighted by Crippen LogP contribution is 2.06. The Morgan fingerprint density at radius 1 is 1.30 bits per heavy atom. The fourth-order valence-electron chi connectivity index (χ4n) is 1.61.